The van der Waals surface area contributed by atoms with Crippen LogP contribution >= 0.6 is 11.6 Å². The number of aromatic nitrogens is 3. The summed E-state index contributed by atoms with van der Waals surface area (Å²) in [4.78, 5) is 33.8. The Morgan fingerprint density at radius 2 is 1.71 bits per heavy atom. The van der Waals surface area contributed by atoms with E-state index in [2.05, 4.69) is 15.5 Å². The molecule has 10 heteroatoms. The maximum absolute atomic E-state index is 15.4. The van der Waals surface area contributed by atoms with Crippen molar-refractivity contribution in [3.05, 3.63) is 105 Å². The Morgan fingerprint density at radius 1 is 0.976 bits per heavy atom. The minimum atomic E-state index is -1.29. The van der Waals surface area contributed by atoms with Gasteiger partial charge in [0.05, 0.1) is 35.3 Å². The maximum Gasteiger partial charge on any atom is 0.341 e. The van der Waals surface area contributed by atoms with Gasteiger partial charge in [-0.15, -0.1) is 0 Å². The second-order valence-corrected chi connectivity index (χ2v) is 11.5. The smallest absolute Gasteiger partial charge is 0.341 e. The van der Waals surface area contributed by atoms with Gasteiger partial charge < -0.3 is 19.1 Å². The molecule has 214 valence electrons. The number of imidazole rings is 1. The van der Waals surface area contributed by atoms with E-state index in [1.54, 1.807) is 6.07 Å². The molecule has 2 aliphatic rings. The number of piperazine rings is 1. The van der Waals surface area contributed by atoms with Gasteiger partial charge in [0.2, 0.25) is 5.43 Å². The highest BCUT2D eigenvalue weighted by Crippen LogP contribution is 2.38. The van der Waals surface area contributed by atoms with Crippen molar-refractivity contribution in [3.63, 3.8) is 0 Å². The van der Waals surface area contributed by atoms with Gasteiger partial charge in [0.1, 0.15) is 17.2 Å². The number of benzene rings is 3. The van der Waals surface area contributed by atoms with Crippen molar-refractivity contribution in [2.75, 3.05) is 31.1 Å². The molecular formula is C32H29ClFN5O3. The molecule has 7 rings (SSSR count). The lowest BCUT2D eigenvalue weighted by atomic mass is 10.1. The average molecular weight is 586 g/mol. The van der Waals surface area contributed by atoms with Crippen LogP contribution in [0, 0.1) is 5.82 Å². The average Bonchev–Trinajstić information content (AvgIpc) is 3.77. The molecule has 3 aromatic carbocycles. The van der Waals surface area contributed by atoms with Crippen LogP contribution in [0.2, 0.25) is 5.02 Å². The summed E-state index contributed by atoms with van der Waals surface area (Å²) in [6.45, 7) is 3.89. The first-order valence-electron chi connectivity index (χ1n) is 14.1. The number of hydrogen-bond donors (Lipinski definition) is 1. The number of para-hydroxylation sites is 2. The van der Waals surface area contributed by atoms with Gasteiger partial charge in [-0.1, -0.05) is 41.9 Å². The van der Waals surface area contributed by atoms with E-state index < -0.39 is 17.2 Å². The molecule has 1 aliphatic heterocycles. The number of pyridine rings is 1. The number of halogens is 2. The largest absolute Gasteiger partial charge is 0.477 e. The lowest BCUT2D eigenvalue weighted by molar-refractivity contribution is 0.0695. The van der Waals surface area contributed by atoms with E-state index >= 15 is 4.39 Å². The minimum Gasteiger partial charge on any atom is -0.477 e. The third-order valence-corrected chi connectivity index (χ3v) is 8.74. The van der Waals surface area contributed by atoms with Crippen molar-refractivity contribution in [2.24, 2.45) is 0 Å². The van der Waals surface area contributed by atoms with Gasteiger partial charge in [0.15, 0.2) is 0 Å². The van der Waals surface area contributed by atoms with Gasteiger partial charge >= 0.3 is 5.97 Å². The molecule has 5 aromatic rings. The Hall–Kier alpha value is -4.21. The van der Waals surface area contributed by atoms with Crippen molar-refractivity contribution < 1.29 is 14.3 Å². The summed E-state index contributed by atoms with van der Waals surface area (Å²) < 4.78 is 19.5. The van der Waals surface area contributed by atoms with Gasteiger partial charge in [-0.05, 0) is 48.7 Å². The number of carboxylic acids is 1. The first-order valence-corrected chi connectivity index (χ1v) is 14.5. The highest BCUT2D eigenvalue weighted by atomic mass is 35.5. The van der Waals surface area contributed by atoms with Crippen molar-refractivity contribution in [1.29, 1.82) is 0 Å². The molecule has 0 bridgehead atoms. The summed E-state index contributed by atoms with van der Waals surface area (Å²) in [5.41, 5.74) is 3.06. The quantitative estimate of drug-likeness (QED) is 0.270. The predicted octanol–water partition coefficient (Wildman–Crippen LogP) is 5.55. The van der Waals surface area contributed by atoms with E-state index in [9.17, 15) is 14.7 Å². The van der Waals surface area contributed by atoms with Crippen LogP contribution in [0.4, 0.5) is 10.1 Å². The van der Waals surface area contributed by atoms with Gasteiger partial charge in [-0.25, -0.2) is 14.2 Å². The number of hydrogen-bond acceptors (Lipinski definition) is 5. The van der Waals surface area contributed by atoms with Crippen LogP contribution in [0.15, 0.2) is 71.7 Å². The molecule has 2 fully saturated rings. The van der Waals surface area contributed by atoms with E-state index in [-0.39, 0.29) is 17.0 Å². The topological polar surface area (TPSA) is 83.6 Å². The van der Waals surface area contributed by atoms with Crippen LogP contribution in [-0.2, 0) is 13.1 Å². The Morgan fingerprint density at radius 3 is 2.45 bits per heavy atom. The molecular weight excluding hydrogens is 557 g/mol. The minimum absolute atomic E-state index is 0.110. The molecule has 1 saturated carbocycles. The summed E-state index contributed by atoms with van der Waals surface area (Å²) in [6, 6.07) is 19.0. The number of nitrogens with zero attached hydrogens (tertiary/aromatic N) is 5. The zero-order valence-electron chi connectivity index (χ0n) is 22.8. The zero-order valence-corrected chi connectivity index (χ0v) is 23.6. The first-order chi connectivity index (χ1) is 20.4. The van der Waals surface area contributed by atoms with E-state index in [0.717, 1.165) is 40.3 Å². The number of fused-ring (bicyclic) bond motifs is 2. The van der Waals surface area contributed by atoms with Crippen molar-refractivity contribution in [2.45, 2.75) is 32.0 Å². The number of anilines is 1. The molecule has 1 saturated heterocycles. The summed E-state index contributed by atoms with van der Waals surface area (Å²) >= 11 is 6.50. The van der Waals surface area contributed by atoms with Gasteiger partial charge in [-0.2, -0.15) is 0 Å². The van der Waals surface area contributed by atoms with Crippen LogP contribution in [-0.4, -0.2) is 56.3 Å². The molecule has 42 heavy (non-hydrogen) atoms. The van der Waals surface area contributed by atoms with Gasteiger partial charge in [0, 0.05) is 48.8 Å². The van der Waals surface area contributed by atoms with Crippen LogP contribution in [0.3, 0.4) is 0 Å². The first kappa shape index (κ1) is 26.7. The highest BCUT2D eigenvalue weighted by Gasteiger charge is 2.29. The number of rotatable bonds is 7. The Balaban J connectivity index is 1.14. The molecule has 0 spiro atoms. The molecule has 0 unspecified atom stereocenters. The fourth-order valence-corrected chi connectivity index (χ4v) is 6.17. The van der Waals surface area contributed by atoms with Crippen molar-refractivity contribution >= 4 is 45.2 Å². The SMILES string of the molecule is O=C(O)c1cn(C2CC2)c2cc(N3CCN(Cc4nc5ccccc5n4Cc4ccccc4Cl)CC3)c(F)cc2c1=O. The zero-order chi connectivity index (χ0) is 29.0. The fraction of sp³-hybridized carbons (Fsp3) is 0.281. The Bertz CT molecular complexity index is 1910. The number of aromatic carboxylic acids is 1. The molecule has 0 radical (unpaired) electrons. The monoisotopic (exact) mass is 585 g/mol. The van der Waals surface area contributed by atoms with E-state index in [1.807, 2.05) is 51.9 Å². The summed E-state index contributed by atoms with van der Waals surface area (Å²) in [5, 5.41) is 10.4. The summed E-state index contributed by atoms with van der Waals surface area (Å²) in [6.07, 6.45) is 3.23. The highest BCUT2D eigenvalue weighted by molar-refractivity contribution is 6.31. The molecule has 1 N–H and O–H groups in total. The van der Waals surface area contributed by atoms with Crippen molar-refractivity contribution in [1.82, 2.24) is 19.0 Å². The van der Waals surface area contributed by atoms with Crippen LogP contribution < -0.4 is 10.3 Å². The van der Waals surface area contributed by atoms with E-state index in [1.165, 1.54) is 12.3 Å². The third kappa shape index (κ3) is 4.82. The molecule has 2 aromatic heterocycles. The Kier molecular flexibility index (Phi) is 6.71. The molecule has 0 amide bonds. The molecule has 0 atom stereocenters. The van der Waals surface area contributed by atoms with Gasteiger partial charge in [0.25, 0.3) is 0 Å². The van der Waals surface area contributed by atoms with Crippen molar-refractivity contribution in [3.8, 4) is 0 Å². The lowest BCUT2D eigenvalue weighted by Gasteiger charge is -2.36. The summed E-state index contributed by atoms with van der Waals surface area (Å²) in [5.74, 6) is -0.860. The van der Waals surface area contributed by atoms with Crippen LogP contribution in [0.5, 0.6) is 0 Å². The summed E-state index contributed by atoms with van der Waals surface area (Å²) in [7, 11) is 0. The molecule has 1 aliphatic carbocycles. The van der Waals surface area contributed by atoms with E-state index in [0.29, 0.717) is 50.5 Å². The molecule has 3 heterocycles. The second kappa shape index (κ2) is 10.6. The molecule has 8 nitrogen and oxygen atoms in total. The lowest BCUT2D eigenvalue weighted by Crippen LogP contribution is -2.46. The predicted molar refractivity (Wildman–Crippen MR) is 161 cm³/mol. The standard InChI is InChI=1S/C32H29ClFN5O3/c33-24-6-2-1-5-20(24)17-39-27-8-4-3-7-26(27)35-30(39)19-36-11-13-37(14-12-36)29-16-28-22(15-25(29)34)31(40)23(32(41)42)18-38(28)21-9-10-21/h1-8,15-16,18,21H,9-14,17,19H2,(H,41,42). The van der Waals surface area contributed by atoms with E-state index in [4.69, 9.17) is 16.6 Å². The second-order valence-electron chi connectivity index (χ2n) is 11.1. The Labute approximate surface area is 246 Å². The maximum atomic E-state index is 15.4. The third-order valence-electron chi connectivity index (χ3n) is 8.37. The number of carbonyl (C=O) groups is 1. The van der Waals surface area contributed by atoms with Gasteiger partial charge in [-0.3, -0.25) is 9.69 Å². The van der Waals surface area contributed by atoms with Crippen LogP contribution in [0.25, 0.3) is 21.9 Å². The number of carboxylic acid groups (broad SMARTS) is 1. The normalized spacial score (nSPS) is 16.0. The fourth-order valence-electron chi connectivity index (χ4n) is 5.97. The van der Waals surface area contributed by atoms with Crippen LogP contribution in [0.1, 0.15) is 40.6 Å².